The fourth-order valence-corrected chi connectivity index (χ4v) is 15.6. The highest BCUT2D eigenvalue weighted by molar-refractivity contribution is 8.00. The van der Waals surface area contributed by atoms with Crippen molar-refractivity contribution in [1.82, 2.24) is 25.9 Å². The van der Waals surface area contributed by atoms with Crippen LogP contribution in [0.25, 0.3) is 0 Å². The normalized spacial score (nSPS) is 21.1. The Morgan fingerprint density at radius 1 is 0.833 bits per heavy atom. The maximum Gasteiger partial charge on any atom is 0.315 e. The van der Waals surface area contributed by atoms with Gasteiger partial charge in [-0.2, -0.15) is 17.0 Å². The molecule has 0 aliphatic carbocycles. The summed E-state index contributed by atoms with van der Waals surface area (Å²) in [6.07, 6.45) is 1.95. The molecule has 1 unspecified atom stereocenters. The van der Waals surface area contributed by atoms with Crippen LogP contribution >= 0.6 is 20.3 Å². The van der Waals surface area contributed by atoms with Crippen LogP contribution in [0, 0.1) is 23.0 Å². The third-order valence-electron chi connectivity index (χ3n) is 16.4. The van der Waals surface area contributed by atoms with Gasteiger partial charge in [0.15, 0.2) is 8.32 Å². The third-order valence-corrected chi connectivity index (χ3v) is 24.5. The first-order valence-corrected chi connectivity index (χ1v) is 34.9. The lowest BCUT2D eigenvalue weighted by atomic mass is 9.80. The number of carbonyl (C=O) groups is 3. The minimum Gasteiger partial charge on any atom is -0.497 e. The van der Waals surface area contributed by atoms with Crippen LogP contribution in [0.5, 0.6) is 5.75 Å². The van der Waals surface area contributed by atoms with Crippen LogP contribution in [0.4, 0.5) is 13.6 Å². The monoisotopic (exact) mass is 1210 g/mol. The molecule has 15 nitrogen and oxygen atoms in total. The topological polar surface area (TPSA) is 182 Å². The lowest BCUT2D eigenvalue weighted by Crippen LogP contribution is -2.49. The van der Waals surface area contributed by atoms with Gasteiger partial charge >= 0.3 is 6.03 Å². The predicted octanol–water partition coefficient (Wildman–Crippen LogP) is 12.9. The van der Waals surface area contributed by atoms with Gasteiger partial charge in [0.1, 0.15) is 47.4 Å². The van der Waals surface area contributed by atoms with E-state index in [1.54, 1.807) is 7.11 Å². The smallest absolute Gasteiger partial charge is 0.315 e. The van der Waals surface area contributed by atoms with Crippen molar-refractivity contribution >= 4 is 46.5 Å². The number of thioether (sulfide) groups is 1. The zero-order chi connectivity index (χ0) is 60.6. The molecular weight excluding hydrogens is 1130 g/mol. The first kappa shape index (κ1) is 66.5. The third kappa shape index (κ3) is 17.2. The summed E-state index contributed by atoms with van der Waals surface area (Å²) in [7, 11) is -3.07. The second-order valence-electron chi connectivity index (χ2n) is 24.1. The first-order valence-electron chi connectivity index (χ1n) is 29.8. The van der Waals surface area contributed by atoms with Gasteiger partial charge < -0.3 is 49.0 Å². The van der Waals surface area contributed by atoms with E-state index in [9.17, 15) is 19.6 Å². The Balaban J connectivity index is 1.13. The van der Waals surface area contributed by atoms with E-state index in [1.807, 2.05) is 96.7 Å². The molecule has 4 aromatic carbocycles. The largest absolute Gasteiger partial charge is 0.497 e. The molecule has 4 N–H and O–H groups in total. The van der Waals surface area contributed by atoms with Crippen molar-refractivity contribution in [2.75, 3.05) is 32.6 Å². The molecule has 3 aliphatic rings. The number of hydrogen-bond acceptors (Lipinski definition) is 12. The fraction of sp³-hybridized carbons (Fsp3) is 0.562. The van der Waals surface area contributed by atoms with Crippen molar-refractivity contribution in [2.45, 2.75) is 197 Å². The van der Waals surface area contributed by atoms with Crippen molar-refractivity contribution in [3.63, 3.8) is 0 Å². The van der Waals surface area contributed by atoms with Gasteiger partial charge in [0.05, 0.1) is 38.5 Å². The van der Waals surface area contributed by atoms with Gasteiger partial charge in [0.2, 0.25) is 11.8 Å². The Labute approximate surface area is 503 Å². The molecule has 4 amide bonds. The van der Waals surface area contributed by atoms with Gasteiger partial charge in [-0.3, -0.25) is 9.59 Å². The second kappa shape index (κ2) is 31.1. The summed E-state index contributed by atoms with van der Waals surface area (Å²) in [4.78, 5) is 37.6. The molecule has 7 rings (SSSR count). The molecule has 458 valence electrons. The Morgan fingerprint density at radius 2 is 1.46 bits per heavy atom. The number of benzene rings is 4. The molecule has 3 heterocycles. The zero-order valence-electron chi connectivity index (χ0n) is 50.7. The summed E-state index contributed by atoms with van der Waals surface area (Å²) >= 11 is 1.87. The molecule has 3 aliphatic heterocycles. The van der Waals surface area contributed by atoms with Crippen LogP contribution in [0.15, 0.2) is 97.1 Å². The summed E-state index contributed by atoms with van der Waals surface area (Å²) in [6, 6.07) is 32.3. The number of amides is 4. The first-order chi connectivity index (χ1) is 40.2. The summed E-state index contributed by atoms with van der Waals surface area (Å²) in [5.41, 5.74) is 1.38. The molecule has 3 saturated heterocycles. The number of carbonyl (C=O) groups excluding carboxylic acids is 3. The molecule has 3 fully saturated rings. The van der Waals surface area contributed by atoms with Gasteiger partial charge in [-0.25, -0.2) is 18.2 Å². The standard InChI is InChI=1S/C64H89F2N6O9PSSi/c1-43(2)72(44(3)4)82(78-37-23-21-35-67)80-60-54(41-77-64(46-24-14-11-15-25-46,47-26-16-12-17-27-47)48-31-33-49(76-8)34-32-48)79-59(61(60)81-84(9,10)63(5,6)7)50-38-45(51(65)39-52(50)66)40-69-57(74)29-18-13-22-36-68-56(73)30-20-19-28-55-58-53(42-83-55)70-62(75)71-58/h11-12,14-17,24-27,31-34,38-39,43-44,53-55,58-61H,13,18-23,28-30,36-37,40-42H2,1-10H3,(H,68,73)(H,69,74)(H2,70,71,75)/t53-,54+,55-,58-,59-,60+,61-,82?/m0/s1. The Kier molecular flexibility index (Phi) is 24.6. The van der Waals surface area contributed by atoms with Crippen LogP contribution in [-0.4, -0.2) is 111 Å². The molecule has 0 aromatic heterocycles. The van der Waals surface area contributed by atoms with Crippen LogP contribution in [0.2, 0.25) is 18.1 Å². The number of fused-ring (bicyclic) bond motifs is 1. The minimum absolute atomic E-state index is 0.00175. The Morgan fingerprint density at radius 3 is 2.08 bits per heavy atom. The average molecular weight is 1220 g/mol. The highest BCUT2D eigenvalue weighted by Gasteiger charge is 2.55. The Bertz CT molecular complexity index is 2750. The molecule has 0 saturated carbocycles. The minimum atomic E-state index is -2.80. The Hall–Kier alpha value is -5.00. The second-order valence-corrected chi connectivity index (χ2v) is 31.6. The van der Waals surface area contributed by atoms with Gasteiger partial charge in [-0.15, -0.1) is 0 Å². The highest BCUT2D eigenvalue weighted by Crippen LogP contribution is 2.54. The maximum atomic E-state index is 17.0. The highest BCUT2D eigenvalue weighted by atomic mass is 32.2. The van der Waals surface area contributed by atoms with Crippen molar-refractivity contribution in [2.24, 2.45) is 0 Å². The van der Waals surface area contributed by atoms with E-state index in [4.69, 9.17) is 27.7 Å². The summed E-state index contributed by atoms with van der Waals surface area (Å²) < 4.78 is 77.1. The maximum absolute atomic E-state index is 17.0. The van der Waals surface area contributed by atoms with E-state index in [0.29, 0.717) is 56.1 Å². The number of ether oxygens (including phenoxy) is 3. The predicted molar refractivity (Wildman–Crippen MR) is 330 cm³/mol. The van der Waals surface area contributed by atoms with E-state index in [-0.39, 0.29) is 84.4 Å². The molecule has 20 heteroatoms. The molecule has 4 aromatic rings. The fourth-order valence-electron chi connectivity index (χ4n) is 11.0. The lowest BCUT2D eigenvalue weighted by molar-refractivity contribution is -0.122. The molecule has 8 atom stereocenters. The number of urea groups is 1. The molecule has 0 spiro atoms. The number of rotatable bonds is 32. The lowest BCUT2D eigenvalue weighted by Gasteiger charge is -2.42. The summed E-state index contributed by atoms with van der Waals surface area (Å²) in [6.45, 7) is 19.3. The zero-order valence-corrected chi connectivity index (χ0v) is 53.4. The number of nitrogens with one attached hydrogen (secondary N) is 4. The number of nitrogens with zero attached hydrogens (tertiary/aromatic N) is 2. The molecular formula is C64H89F2N6O9PSSi. The van der Waals surface area contributed by atoms with Crippen molar-refractivity contribution < 1.29 is 50.8 Å². The average Bonchev–Trinajstić information content (AvgIpc) is 4.06. The summed E-state index contributed by atoms with van der Waals surface area (Å²) in [5.74, 6) is -0.370. The molecule has 0 radical (unpaired) electrons. The number of unbranched alkanes of at least 4 members (excludes halogenated alkanes) is 4. The number of hydrogen-bond donors (Lipinski definition) is 4. The van der Waals surface area contributed by atoms with E-state index < -0.39 is 58.5 Å². The van der Waals surface area contributed by atoms with Crippen LogP contribution < -0.4 is 26.0 Å². The number of halogens is 2. The van der Waals surface area contributed by atoms with E-state index >= 15 is 8.78 Å². The van der Waals surface area contributed by atoms with Crippen LogP contribution in [-0.2, 0) is 44.7 Å². The quantitative estimate of drug-likeness (QED) is 0.0120. The van der Waals surface area contributed by atoms with E-state index in [1.165, 1.54) is 6.07 Å². The van der Waals surface area contributed by atoms with E-state index in [2.05, 4.69) is 93.6 Å². The molecule has 0 bridgehead atoms. The van der Waals surface area contributed by atoms with E-state index in [0.717, 1.165) is 47.8 Å². The van der Waals surface area contributed by atoms with Gasteiger partial charge in [0, 0.05) is 72.6 Å². The van der Waals surface area contributed by atoms with Crippen molar-refractivity contribution in [3.05, 3.63) is 137 Å². The van der Waals surface area contributed by atoms with Gasteiger partial charge in [-0.05, 0) is 113 Å². The van der Waals surface area contributed by atoms with Gasteiger partial charge in [0.25, 0.3) is 8.53 Å². The van der Waals surface area contributed by atoms with Crippen molar-refractivity contribution in [3.8, 4) is 11.8 Å². The van der Waals surface area contributed by atoms with Gasteiger partial charge in [-0.1, -0.05) is 106 Å². The SMILES string of the molecule is COc1ccc(C(OC[C@H]2O[C@@H](c3cc(CNC(=O)CCCCCNC(=O)CCCC[C@@H]4SC[C@@H]5NC(=O)N[C@@H]54)c(F)cc3F)[C@H](O[Si](C)(C)C(C)(C)C)[C@@H]2OP(OCCCC#N)N(C(C)C)C(C)C)(c2ccccc2)c2ccccc2)cc1. The van der Waals surface area contributed by atoms with Crippen molar-refractivity contribution in [1.29, 1.82) is 5.26 Å². The van der Waals surface area contributed by atoms with Crippen LogP contribution in [0.3, 0.4) is 0 Å². The molecule has 84 heavy (non-hydrogen) atoms. The number of nitriles is 1. The summed E-state index contributed by atoms with van der Waals surface area (Å²) in [5, 5.41) is 21.4. The van der Waals surface area contributed by atoms with Crippen LogP contribution in [0.1, 0.15) is 147 Å². The number of methoxy groups -OCH3 is 1.